The third kappa shape index (κ3) is 5.92. The van der Waals surface area contributed by atoms with Gasteiger partial charge in [0.2, 0.25) is 0 Å². The highest BCUT2D eigenvalue weighted by Gasteiger charge is 2.59. The predicted molar refractivity (Wildman–Crippen MR) is 184 cm³/mol. The number of carbonyl (C=O) groups excluding carboxylic acids is 1. The Morgan fingerprint density at radius 3 is 2.71 bits per heavy atom. The quantitative estimate of drug-likeness (QED) is 0.205. The van der Waals surface area contributed by atoms with Crippen LogP contribution in [-0.2, 0) is 14.2 Å². The summed E-state index contributed by atoms with van der Waals surface area (Å²) in [7, 11) is 0. The van der Waals surface area contributed by atoms with Crippen molar-refractivity contribution >= 4 is 23.1 Å². The van der Waals surface area contributed by atoms with Gasteiger partial charge in [-0.2, -0.15) is 0 Å². The van der Waals surface area contributed by atoms with E-state index in [2.05, 4.69) is 55.6 Å². The second kappa shape index (κ2) is 13.2. The zero-order chi connectivity index (χ0) is 33.8. The lowest BCUT2D eigenvalue weighted by Crippen LogP contribution is -2.51. The van der Waals surface area contributed by atoms with Gasteiger partial charge in [0.25, 0.3) is 0 Å². The molecule has 2 aromatic rings. The van der Waals surface area contributed by atoms with Gasteiger partial charge in [-0.1, -0.05) is 65.5 Å². The molecule has 7 rings (SSSR count). The number of nitrogens with zero attached hydrogens (tertiary/aromatic N) is 4. The Morgan fingerprint density at radius 2 is 1.92 bits per heavy atom. The first-order valence-electron chi connectivity index (χ1n) is 18.8. The van der Waals surface area contributed by atoms with E-state index in [1.54, 1.807) is 10.9 Å². The normalized spacial score (nSPS) is 38.3. The Hall–Kier alpha value is -2.72. The predicted octanol–water partition coefficient (Wildman–Crippen LogP) is 7.62. The lowest BCUT2D eigenvalue weighted by Gasteiger charge is -2.58. The van der Waals surface area contributed by atoms with E-state index < -0.39 is 24.6 Å². The molecule has 0 radical (unpaired) electrons. The molecule has 0 amide bonds. The van der Waals surface area contributed by atoms with Crippen molar-refractivity contribution in [2.75, 3.05) is 12.3 Å². The molecule has 0 unspecified atom stereocenters. The number of hydrogen-bond acceptors (Lipinski definition) is 9. The minimum absolute atomic E-state index is 0.180. The number of hydrogen-bond donors (Lipinski definition) is 2. The van der Waals surface area contributed by atoms with Crippen LogP contribution in [-0.4, -0.2) is 55.7 Å². The number of imidazole rings is 1. The van der Waals surface area contributed by atoms with Gasteiger partial charge in [-0.3, -0.25) is 4.57 Å². The maximum Gasteiger partial charge on any atom is 0.508 e. The fourth-order valence-electron chi connectivity index (χ4n) is 11.3. The number of anilines is 1. The second-order valence-corrected chi connectivity index (χ2v) is 16.8. The molecule has 4 aliphatic carbocycles. The summed E-state index contributed by atoms with van der Waals surface area (Å²) in [6.07, 6.45) is 16.4. The van der Waals surface area contributed by atoms with E-state index in [0.29, 0.717) is 28.9 Å². The first kappa shape index (κ1) is 33.8. The van der Waals surface area contributed by atoms with Gasteiger partial charge in [0.15, 0.2) is 23.8 Å². The molecule has 48 heavy (non-hydrogen) atoms. The highest BCUT2D eigenvalue weighted by Crippen LogP contribution is 2.67. The third-order valence-corrected chi connectivity index (χ3v) is 13.8. The number of rotatable bonds is 9. The van der Waals surface area contributed by atoms with Crippen LogP contribution in [0.25, 0.3) is 11.2 Å². The lowest BCUT2D eigenvalue weighted by molar-refractivity contribution is -0.0776. The van der Waals surface area contributed by atoms with Crippen LogP contribution in [0.4, 0.5) is 10.6 Å². The number of fused-ring (bicyclic) bond motifs is 6. The molecule has 0 bridgehead atoms. The summed E-state index contributed by atoms with van der Waals surface area (Å²) in [6.45, 7) is 12.2. The Balaban J connectivity index is 0.986. The molecule has 1 aliphatic heterocycles. The maximum atomic E-state index is 13.3. The van der Waals surface area contributed by atoms with Crippen molar-refractivity contribution in [3.8, 4) is 0 Å². The molecule has 0 aromatic carbocycles. The molecule has 3 saturated carbocycles. The molecule has 2 aromatic heterocycles. The van der Waals surface area contributed by atoms with Crippen molar-refractivity contribution in [1.29, 1.82) is 0 Å². The maximum absolute atomic E-state index is 13.3. The number of aliphatic hydroxyl groups excluding tert-OH is 1. The smallest absolute Gasteiger partial charge is 0.431 e. The number of aliphatic hydroxyl groups is 1. The highest BCUT2D eigenvalue weighted by molar-refractivity contribution is 5.81. The minimum atomic E-state index is -0.711. The van der Waals surface area contributed by atoms with Gasteiger partial charge in [0.1, 0.15) is 17.9 Å². The summed E-state index contributed by atoms with van der Waals surface area (Å²) in [4.78, 5) is 25.9. The molecule has 3 heterocycles. The Morgan fingerprint density at radius 1 is 1.08 bits per heavy atom. The molecule has 264 valence electrons. The first-order valence-corrected chi connectivity index (χ1v) is 18.8. The molecule has 10 nitrogen and oxygen atoms in total. The monoisotopic (exact) mass is 663 g/mol. The van der Waals surface area contributed by atoms with Crippen molar-refractivity contribution in [3.63, 3.8) is 0 Å². The highest BCUT2D eigenvalue weighted by atomic mass is 16.7. The molecular weight excluding hydrogens is 606 g/mol. The van der Waals surface area contributed by atoms with E-state index in [4.69, 9.17) is 19.9 Å². The lowest BCUT2D eigenvalue weighted by atomic mass is 9.47. The Labute approximate surface area is 285 Å². The summed E-state index contributed by atoms with van der Waals surface area (Å²) in [5, 5.41) is 9.84. The van der Waals surface area contributed by atoms with E-state index in [9.17, 15) is 9.90 Å². The zero-order valence-electron chi connectivity index (χ0n) is 29.6. The van der Waals surface area contributed by atoms with Crippen LogP contribution in [0.15, 0.2) is 24.3 Å². The van der Waals surface area contributed by atoms with Gasteiger partial charge in [-0.15, -0.1) is 0 Å². The van der Waals surface area contributed by atoms with E-state index in [0.717, 1.165) is 55.3 Å². The van der Waals surface area contributed by atoms with Crippen molar-refractivity contribution < 1.29 is 24.1 Å². The molecular formula is C38H57N5O5. The zero-order valence-corrected chi connectivity index (χ0v) is 29.6. The first-order chi connectivity index (χ1) is 23.0. The summed E-state index contributed by atoms with van der Waals surface area (Å²) in [5.74, 6) is 5.05. The van der Waals surface area contributed by atoms with Gasteiger partial charge >= 0.3 is 6.16 Å². The number of carbonyl (C=O) groups is 1. The van der Waals surface area contributed by atoms with Crippen LogP contribution >= 0.6 is 0 Å². The average molecular weight is 664 g/mol. The van der Waals surface area contributed by atoms with E-state index in [-0.39, 0.29) is 23.9 Å². The molecule has 10 heteroatoms. The van der Waals surface area contributed by atoms with Crippen LogP contribution in [0.1, 0.15) is 118 Å². The summed E-state index contributed by atoms with van der Waals surface area (Å²) >= 11 is 0. The number of nitrogen functional groups attached to an aromatic ring is 1. The summed E-state index contributed by atoms with van der Waals surface area (Å²) < 4.78 is 19.6. The molecule has 1 saturated heterocycles. The summed E-state index contributed by atoms with van der Waals surface area (Å²) in [5.41, 5.74) is 9.05. The van der Waals surface area contributed by atoms with Gasteiger partial charge in [-0.05, 0) is 91.3 Å². The van der Waals surface area contributed by atoms with Crippen LogP contribution in [0, 0.1) is 46.3 Å². The Bertz CT molecular complexity index is 1510. The number of aromatic nitrogens is 4. The fourth-order valence-corrected chi connectivity index (χ4v) is 11.3. The SMILES string of the molecule is CC(C)CCC[C@@H](C)[C@H]1CC[C@H]2[C@@H]3CC=C4C[C@@H](OC(=O)O[C@@H]5C[C@@H](CO)O[C@H]5n5cnc6c(N)ncnc65)CC[C@]4(C)[C@H]3CC[C@]12C. The van der Waals surface area contributed by atoms with Crippen LogP contribution in [0.5, 0.6) is 0 Å². The van der Waals surface area contributed by atoms with Gasteiger partial charge in [-0.25, -0.2) is 19.7 Å². The van der Waals surface area contributed by atoms with E-state index in [1.807, 2.05) is 0 Å². The second-order valence-electron chi connectivity index (χ2n) is 16.8. The topological polar surface area (TPSA) is 135 Å². The number of nitrogens with two attached hydrogens (primary N) is 1. The average Bonchev–Trinajstić information content (AvgIpc) is 3.76. The fraction of sp³-hybridized carbons (Fsp3) is 0.789. The molecule has 3 N–H and O–H groups in total. The molecule has 5 aliphatic rings. The summed E-state index contributed by atoms with van der Waals surface area (Å²) in [6, 6.07) is 0. The van der Waals surface area contributed by atoms with E-state index >= 15 is 0 Å². The van der Waals surface area contributed by atoms with E-state index in [1.165, 1.54) is 56.8 Å². The molecule has 11 atom stereocenters. The van der Waals surface area contributed by atoms with Crippen LogP contribution in [0.3, 0.4) is 0 Å². The third-order valence-electron chi connectivity index (χ3n) is 13.8. The molecule has 4 fully saturated rings. The molecule has 0 spiro atoms. The minimum Gasteiger partial charge on any atom is -0.431 e. The standard InChI is InChI=1S/C38H57N5O5/c1-22(2)7-6-8-23(3)28-11-12-29-27-10-9-24-17-25(13-15-37(24,4)30(27)14-16-38(28,29)5)47-36(45)48-31-18-26(19-44)46-35(31)43-21-42-32-33(39)40-20-41-34(32)43/h9,20-23,25-31,35,44H,6-8,10-19H2,1-5H3,(H2,39,40,41)/t23-,25+,26+,27+,28-,29+,30+,31-,35-,37+,38-/m1/s1. The number of ether oxygens (including phenoxy) is 3. The Kier molecular flexibility index (Phi) is 9.28. The van der Waals surface area contributed by atoms with Crippen molar-refractivity contribution in [2.24, 2.45) is 46.3 Å². The number of allylic oxidation sites excluding steroid dienone is 1. The van der Waals surface area contributed by atoms with Crippen LogP contribution in [0.2, 0.25) is 0 Å². The largest absolute Gasteiger partial charge is 0.508 e. The van der Waals surface area contributed by atoms with Crippen molar-refractivity contribution in [3.05, 3.63) is 24.3 Å². The van der Waals surface area contributed by atoms with Crippen molar-refractivity contribution in [2.45, 2.75) is 136 Å². The van der Waals surface area contributed by atoms with Crippen LogP contribution < -0.4 is 5.73 Å². The van der Waals surface area contributed by atoms with Gasteiger partial charge in [0.05, 0.1) is 19.0 Å². The van der Waals surface area contributed by atoms with Crippen molar-refractivity contribution in [1.82, 2.24) is 19.5 Å². The van der Waals surface area contributed by atoms with Gasteiger partial charge < -0.3 is 25.1 Å². The van der Waals surface area contributed by atoms with Gasteiger partial charge in [0, 0.05) is 12.8 Å².